The molecule has 0 aliphatic heterocycles. The van der Waals surface area contributed by atoms with Gasteiger partial charge in [0, 0.05) is 11.4 Å². The normalized spacial score (nSPS) is 30.2. The highest BCUT2D eigenvalue weighted by Crippen LogP contribution is 2.35. The summed E-state index contributed by atoms with van der Waals surface area (Å²) in [5.74, 6) is 0.279. The van der Waals surface area contributed by atoms with Gasteiger partial charge in [0.05, 0.1) is 5.92 Å². The van der Waals surface area contributed by atoms with Gasteiger partial charge in [0.15, 0.2) is 0 Å². The van der Waals surface area contributed by atoms with E-state index in [9.17, 15) is 4.79 Å². The summed E-state index contributed by atoms with van der Waals surface area (Å²) < 4.78 is 0. The summed E-state index contributed by atoms with van der Waals surface area (Å²) in [5, 5.41) is 3.49. The molecule has 0 radical (unpaired) electrons. The number of amides is 1. The van der Waals surface area contributed by atoms with Crippen molar-refractivity contribution in [3.63, 3.8) is 0 Å². The van der Waals surface area contributed by atoms with E-state index in [2.05, 4.69) is 17.4 Å². The second kappa shape index (κ2) is 4.93. The van der Waals surface area contributed by atoms with Gasteiger partial charge in [0.2, 0.25) is 5.91 Å². The fourth-order valence-corrected chi connectivity index (χ4v) is 3.24. The third kappa shape index (κ3) is 2.26. The number of carbonyl (C=O) groups excluding carboxylic acids is 1. The van der Waals surface area contributed by atoms with E-state index in [1.807, 2.05) is 12.1 Å². The van der Waals surface area contributed by atoms with Crippen LogP contribution in [0.5, 0.6) is 0 Å². The predicted octanol–water partition coefficient (Wildman–Crippen LogP) is 2.99. The van der Waals surface area contributed by atoms with Gasteiger partial charge < -0.3 is 5.32 Å². The number of nitrogens with one attached hydrogen (secondary N) is 1. The zero-order valence-electron chi connectivity index (χ0n) is 10.4. The third-order valence-electron chi connectivity index (χ3n) is 4.17. The van der Waals surface area contributed by atoms with E-state index in [0.29, 0.717) is 11.4 Å². The van der Waals surface area contributed by atoms with Crippen molar-refractivity contribution >= 4 is 17.5 Å². The Balaban J connectivity index is 1.57. The van der Waals surface area contributed by atoms with E-state index in [1.165, 1.54) is 11.1 Å². The van der Waals surface area contributed by atoms with E-state index < -0.39 is 0 Å². The Labute approximate surface area is 113 Å². The van der Waals surface area contributed by atoms with Crippen LogP contribution in [0.1, 0.15) is 42.7 Å². The first-order valence-corrected chi connectivity index (χ1v) is 7.20. The van der Waals surface area contributed by atoms with Gasteiger partial charge in [-0.2, -0.15) is 0 Å². The summed E-state index contributed by atoms with van der Waals surface area (Å²) in [6, 6.07) is 8.56. The minimum Gasteiger partial charge on any atom is -0.353 e. The largest absolute Gasteiger partial charge is 0.353 e. The quantitative estimate of drug-likeness (QED) is 0.817. The van der Waals surface area contributed by atoms with Crippen molar-refractivity contribution < 1.29 is 4.79 Å². The highest BCUT2D eigenvalue weighted by atomic mass is 35.5. The summed E-state index contributed by atoms with van der Waals surface area (Å²) in [4.78, 5) is 12.2. The first-order chi connectivity index (χ1) is 8.74. The Bertz CT molecular complexity index is 452. The molecule has 18 heavy (non-hydrogen) atoms. The lowest BCUT2D eigenvalue weighted by molar-refractivity contribution is -0.124. The zero-order valence-corrected chi connectivity index (χ0v) is 11.1. The molecule has 1 aromatic rings. The molecule has 0 saturated heterocycles. The molecule has 2 nitrogen and oxygen atoms in total. The molecule has 0 bridgehead atoms. The molecular formula is C15H18ClNO. The van der Waals surface area contributed by atoms with Gasteiger partial charge in [0.1, 0.15) is 0 Å². The summed E-state index contributed by atoms with van der Waals surface area (Å²) in [6.07, 6.45) is 4.98. The van der Waals surface area contributed by atoms with Crippen LogP contribution < -0.4 is 5.32 Å². The molecule has 0 spiro atoms. The Morgan fingerprint density at radius 2 is 1.89 bits per heavy atom. The maximum Gasteiger partial charge on any atom is 0.228 e. The van der Waals surface area contributed by atoms with Crippen molar-refractivity contribution in [1.82, 2.24) is 5.32 Å². The van der Waals surface area contributed by atoms with Crippen LogP contribution in [-0.2, 0) is 11.2 Å². The number of hydrogen-bond donors (Lipinski definition) is 1. The Kier molecular flexibility index (Phi) is 3.29. The lowest BCUT2D eigenvalue weighted by Gasteiger charge is -2.32. The SMILES string of the molecule is O=C(NC1CCC(Cl)CC1)C1Cc2ccccc21. The van der Waals surface area contributed by atoms with Crippen LogP contribution in [0.25, 0.3) is 0 Å². The fraction of sp³-hybridized carbons (Fsp3) is 0.533. The maximum atomic E-state index is 12.2. The van der Waals surface area contributed by atoms with Crippen molar-refractivity contribution in [2.75, 3.05) is 0 Å². The standard InChI is InChI=1S/C15H18ClNO/c16-11-5-7-12(8-6-11)17-15(18)14-9-10-3-1-2-4-13(10)14/h1-4,11-12,14H,5-9H2,(H,17,18). The number of alkyl halides is 1. The van der Waals surface area contributed by atoms with Crippen molar-refractivity contribution in [1.29, 1.82) is 0 Å². The molecule has 0 heterocycles. The molecule has 1 unspecified atom stereocenters. The van der Waals surface area contributed by atoms with Crippen molar-refractivity contribution in [3.8, 4) is 0 Å². The van der Waals surface area contributed by atoms with Crippen LogP contribution in [0.4, 0.5) is 0 Å². The van der Waals surface area contributed by atoms with Crippen LogP contribution >= 0.6 is 11.6 Å². The molecule has 3 heteroatoms. The van der Waals surface area contributed by atoms with Gasteiger partial charge in [-0.15, -0.1) is 11.6 Å². The Morgan fingerprint density at radius 3 is 2.61 bits per heavy atom. The van der Waals surface area contributed by atoms with Gasteiger partial charge in [-0.3, -0.25) is 4.79 Å². The van der Waals surface area contributed by atoms with Crippen LogP contribution in [0.2, 0.25) is 0 Å². The van der Waals surface area contributed by atoms with E-state index in [0.717, 1.165) is 32.1 Å². The van der Waals surface area contributed by atoms with E-state index in [4.69, 9.17) is 11.6 Å². The van der Waals surface area contributed by atoms with E-state index in [1.54, 1.807) is 0 Å². The lowest BCUT2D eigenvalue weighted by atomic mass is 9.77. The predicted molar refractivity (Wildman–Crippen MR) is 72.9 cm³/mol. The average molecular weight is 264 g/mol. The van der Waals surface area contributed by atoms with Crippen LogP contribution in [0, 0.1) is 0 Å². The fourth-order valence-electron chi connectivity index (χ4n) is 2.99. The molecule has 3 rings (SSSR count). The first kappa shape index (κ1) is 12.0. The Hall–Kier alpha value is -1.02. The number of carbonyl (C=O) groups is 1. The van der Waals surface area contributed by atoms with Crippen molar-refractivity contribution in [3.05, 3.63) is 35.4 Å². The topological polar surface area (TPSA) is 29.1 Å². The highest BCUT2D eigenvalue weighted by molar-refractivity contribution is 6.20. The van der Waals surface area contributed by atoms with Crippen molar-refractivity contribution in [2.24, 2.45) is 0 Å². The summed E-state index contributed by atoms with van der Waals surface area (Å²) in [5.41, 5.74) is 2.53. The van der Waals surface area contributed by atoms with Gasteiger partial charge in [-0.1, -0.05) is 24.3 Å². The highest BCUT2D eigenvalue weighted by Gasteiger charge is 2.33. The number of halogens is 1. The minimum atomic E-state index is 0.0786. The monoisotopic (exact) mass is 263 g/mol. The Morgan fingerprint density at radius 1 is 1.17 bits per heavy atom. The summed E-state index contributed by atoms with van der Waals surface area (Å²) in [7, 11) is 0. The average Bonchev–Trinajstić information content (AvgIpc) is 2.34. The summed E-state index contributed by atoms with van der Waals surface area (Å²) >= 11 is 6.07. The lowest BCUT2D eigenvalue weighted by Crippen LogP contribution is -2.43. The van der Waals surface area contributed by atoms with Crippen molar-refractivity contribution in [2.45, 2.75) is 49.4 Å². The second-order valence-corrected chi connectivity index (χ2v) is 6.03. The molecular weight excluding hydrogens is 246 g/mol. The van der Waals surface area contributed by atoms with Crippen LogP contribution in [-0.4, -0.2) is 17.3 Å². The molecule has 1 saturated carbocycles. The van der Waals surface area contributed by atoms with E-state index >= 15 is 0 Å². The number of benzene rings is 1. The van der Waals surface area contributed by atoms with E-state index in [-0.39, 0.29) is 11.8 Å². The summed E-state index contributed by atoms with van der Waals surface area (Å²) in [6.45, 7) is 0. The van der Waals surface area contributed by atoms with Crippen LogP contribution in [0.3, 0.4) is 0 Å². The molecule has 1 atom stereocenters. The third-order valence-corrected chi connectivity index (χ3v) is 4.61. The zero-order chi connectivity index (χ0) is 12.5. The number of fused-ring (bicyclic) bond motifs is 1. The molecule has 1 aromatic carbocycles. The molecule has 2 aliphatic carbocycles. The first-order valence-electron chi connectivity index (χ1n) is 6.76. The smallest absolute Gasteiger partial charge is 0.228 e. The van der Waals surface area contributed by atoms with Gasteiger partial charge >= 0.3 is 0 Å². The van der Waals surface area contributed by atoms with Crippen LogP contribution in [0.15, 0.2) is 24.3 Å². The van der Waals surface area contributed by atoms with Gasteiger partial charge in [-0.05, 0) is 43.2 Å². The van der Waals surface area contributed by atoms with Gasteiger partial charge in [-0.25, -0.2) is 0 Å². The maximum absolute atomic E-state index is 12.2. The number of hydrogen-bond acceptors (Lipinski definition) is 1. The molecule has 96 valence electrons. The van der Waals surface area contributed by atoms with Gasteiger partial charge in [0.25, 0.3) is 0 Å². The molecule has 1 N–H and O–H groups in total. The molecule has 1 fully saturated rings. The molecule has 2 aliphatic rings. The molecule has 0 aromatic heterocycles. The molecule has 1 amide bonds. The second-order valence-electron chi connectivity index (χ2n) is 5.41. The number of rotatable bonds is 2. The minimum absolute atomic E-state index is 0.0786.